The predicted octanol–water partition coefficient (Wildman–Crippen LogP) is 3.02. The fourth-order valence-corrected chi connectivity index (χ4v) is 3.07. The summed E-state index contributed by atoms with van der Waals surface area (Å²) in [6.45, 7) is 9.11. The molecule has 2 aromatic rings. The Balaban J connectivity index is 2.11. The number of ether oxygens (including phenoxy) is 1. The van der Waals surface area contributed by atoms with Crippen LogP contribution in [0.15, 0.2) is 23.0 Å². The van der Waals surface area contributed by atoms with Crippen LogP contribution in [0.1, 0.15) is 39.1 Å². The molecule has 3 rings (SSSR count). The highest BCUT2D eigenvalue weighted by molar-refractivity contribution is 6.47. The number of halogens is 2. The van der Waals surface area contributed by atoms with Crippen LogP contribution in [0.3, 0.4) is 0 Å². The molecule has 2 heterocycles. The minimum atomic E-state index is -1.40. The molecule has 1 aliphatic rings. The summed E-state index contributed by atoms with van der Waals surface area (Å²) in [5.41, 5.74) is 0.401. The molecule has 1 saturated heterocycles. The van der Waals surface area contributed by atoms with Crippen LogP contribution >= 0.6 is 23.2 Å². The standard InChI is InChI=1S/C18H21Cl2N3O3/c1-10-7-6-8-11-13(10)14(24)23(16(21-11)18(5,19)20)22-9-12(22)15(25)26-17(2,3)4/h6-8,12H,9H2,1-5H3. The Morgan fingerprint density at radius 3 is 2.50 bits per heavy atom. The molecular formula is C18H21Cl2N3O3. The number of carbonyl (C=O) groups is 1. The molecule has 1 aromatic carbocycles. The van der Waals surface area contributed by atoms with Crippen molar-refractivity contribution in [2.45, 2.75) is 50.6 Å². The largest absolute Gasteiger partial charge is 0.458 e. The van der Waals surface area contributed by atoms with Gasteiger partial charge in [0.1, 0.15) is 5.60 Å². The average molecular weight is 398 g/mol. The first-order chi connectivity index (χ1) is 11.9. The van der Waals surface area contributed by atoms with Crippen molar-refractivity contribution in [1.29, 1.82) is 0 Å². The van der Waals surface area contributed by atoms with Crippen LogP contribution in [0.25, 0.3) is 10.9 Å². The molecule has 1 aromatic heterocycles. The van der Waals surface area contributed by atoms with E-state index in [-0.39, 0.29) is 11.4 Å². The summed E-state index contributed by atoms with van der Waals surface area (Å²) in [4.78, 5) is 30.0. The van der Waals surface area contributed by atoms with Gasteiger partial charge in [-0.25, -0.2) is 14.5 Å². The zero-order chi connectivity index (χ0) is 19.4. The second kappa shape index (κ2) is 6.13. The highest BCUT2D eigenvalue weighted by Crippen LogP contribution is 2.34. The van der Waals surface area contributed by atoms with E-state index < -0.39 is 21.9 Å². The van der Waals surface area contributed by atoms with E-state index in [4.69, 9.17) is 27.9 Å². The zero-order valence-corrected chi connectivity index (χ0v) is 16.9. The van der Waals surface area contributed by atoms with Gasteiger partial charge in [0.05, 0.1) is 17.4 Å². The van der Waals surface area contributed by atoms with E-state index in [9.17, 15) is 9.59 Å². The first-order valence-electron chi connectivity index (χ1n) is 8.30. The molecule has 1 atom stereocenters. The number of alkyl halides is 2. The van der Waals surface area contributed by atoms with Crippen LogP contribution in [0.4, 0.5) is 0 Å². The molecule has 0 amide bonds. The lowest BCUT2D eigenvalue weighted by atomic mass is 10.1. The number of hydrogen-bond donors (Lipinski definition) is 0. The molecule has 8 heteroatoms. The third-order valence-electron chi connectivity index (χ3n) is 4.00. The van der Waals surface area contributed by atoms with E-state index >= 15 is 0 Å². The summed E-state index contributed by atoms with van der Waals surface area (Å²) in [6.07, 6.45) is 0. The maximum atomic E-state index is 13.2. The van der Waals surface area contributed by atoms with Crippen LogP contribution in [0, 0.1) is 6.92 Å². The van der Waals surface area contributed by atoms with Gasteiger partial charge >= 0.3 is 5.97 Å². The van der Waals surface area contributed by atoms with E-state index in [2.05, 4.69) is 4.98 Å². The van der Waals surface area contributed by atoms with Gasteiger partial charge in [-0.2, -0.15) is 0 Å². The van der Waals surface area contributed by atoms with Gasteiger partial charge < -0.3 is 4.74 Å². The molecular weight excluding hydrogens is 377 g/mol. The topological polar surface area (TPSA) is 64.2 Å². The van der Waals surface area contributed by atoms with Crippen molar-refractivity contribution in [3.8, 4) is 0 Å². The predicted molar refractivity (Wildman–Crippen MR) is 103 cm³/mol. The van der Waals surface area contributed by atoms with Crippen LogP contribution in [0.5, 0.6) is 0 Å². The maximum absolute atomic E-state index is 13.2. The summed E-state index contributed by atoms with van der Waals surface area (Å²) in [6, 6.07) is 4.83. The number of esters is 1. The highest BCUT2D eigenvalue weighted by Gasteiger charge is 2.47. The molecule has 0 spiro atoms. The third kappa shape index (κ3) is 3.53. The number of aromatic nitrogens is 2. The Morgan fingerprint density at radius 1 is 1.27 bits per heavy atom. The summed E-state index contributed by atoms with van der Waals surface area (Å²) < 4.78 is 5.31. The Hall–Kier alpha value is -1.79. The van der Waals surface area contributed by atoms with Gasteiger partial charge in [0.25, 0.3) is 5.56 Å². The fourth-order valence-electron chi connectivity index (χ4n) is 2.83. The maximum Gasteiger partial charge on any atom is 0.332 e. The fraction of sp³-hybridized carbons (Fsp3) is 0.500. The van der Waals surface area contributed by atoms with E-state index in [1.807, 2.05) is 19.1 Å². The summed E-state index contributed by atoms with van der Waals surface area (Å²) in [5, 5.41) is 2.05. The average Bonchev–Trinajstić information content (AvgIpc) is 3.24. The number of nitrogens with zero attached hydrogens (tertiary/aromatic N) is 3. The van der Waals surface area contributed by atoms with Gasteiger partial charge in [0.15, 0.2) is 16.2 Å². The smallest absolute Gasteiger partial charge is 0.332 e. The molecule has 1 unspecified atom stereocenters. The number of fused-ring (bicyclic) bond motifs is 1. The quantitative estimate of drug-likeness (QED) is 0.452. The molecule has 0 aliphatic carbocycles. The van der Waals surface area contributed by atoms with Gasteiger partial charge in [0.2, 0.25) is 0 Å². The lowest BCUT2D eigenvalue weighted by Crippen LogP contribution is -2.39. The summed E-state index contributed by atoms with van der Waals surface area (Å²) in [7, 11) is 0. The summed E-state index contributed by atoms with van der Waals surface area (Å²) in [5.74, 6) is -0.221. The highest BCUT2D eigenvalue weighted by atomic mass is 35.5. The lowest BCUT2D eigenvalue weighted by Gasteiger charge is -2.23. The first-order valence-corrected chi connectivity index (χ1v) is 9.06. The van der Waals surface area contributed by atoms with Gasteiger partial charge in [-0.05, 0) is 46.2 Å². The van der Waals surface area contributed by atoms with Crippen LogP contribution < -0.4 is 10.6 Å². The van der Waals surface area contributed by atoms with Crippen molar-refractivity contribution in [2.24, 2.45) is 0 Å². The van der Waals surface area contributed by atoms with Gasteiger partial charge in [-0.3, -0.25) is 9.80 Å². The van der Waals surface area contributed by atoms with Crippen molar-refractivity contribution < 1.29 is 9.53 Å². The van der Waals surface area contributed by atoms with Crippen LogP contribution in [-0.2, 0) is 13.9 Å². The van der Waals surface area contributed by atoms with E-state index in [1.54, 1.807) is 38.8 Å². The van der Waals surface area contributed by atoms with Crippen molar-refractivity contribution in [1.82, 2.24) is 9.66 Å². The molecule has 1 fully saturated rings. The number of carbonyl (C=O) groups excluding carboxylic acids is 1. The Kier molecular flexibility index (Phi) is 4.48. The summed E-state index contributed by atoms with van der Waals surface area (Å²) >= 11 is 12.6. The molecule has 0 bridgehead atoms. The molecule has 0 N–H and O–H groups in total. The first kappa shape index (κ1) is 19.0. The van der Waals surface area contributed by atoms with Crippen molar-refractivity contribution >= 4 is 40.1 Å². The van der Waals surface area contributed by atoms with E-state index in [1.165, 1.54) is 4.68 Å². The van der Waals surface area contributed by atoms with Gasteiger partial charge in [-0.1, -0.05) is 35.3 Å². The zero-order valence-electron chi connectivity index (χ0n) is 15.3. The minimum Gasteiger partial charge on any atom is -0.458 e. The second-order valence-corrected chi connectivity index (χ2v) is 9.29. The minimum absolute atomic E-state index is 0.176. The molecule has 140 valence electrons. The monoisotopic (exact) mass is 397 g/mol. The molecule has 0 radical (unpaired) electrons. The van der Waals surface area contributed by atoms with Crippen molar-refractivity contribution in [2.75, 3.05) is 11.6 Å². The van der Waals surface area contributed by atoms with Crippen LogP contribution in [0.2, 0.25) is 0 Å². The van der Waals surface area contributed by atoms with Gasteiger partial charge in [-0.15, -0.1) is 0 Å². The Bertz CT molecular complexity index is 942. The van der Waals surface area contributed by atoms with E-state index in [0.29, 0.717) is 17.4 Å². The molecule has 26 heavy (non-hydrogen) atoms. The van der Waals surface area contributed by atoms with Crippen molar-refractivity contribution in [3.63, 3.8) is 0 Å². The normalized spacial score (nSPS) is 17.5. The number of rotatable bonds is 3. The third-order valence-corrected chi connectivity index (χ3v) is 4.34. The Morgan fingerprint density at radius 2 is 1.92 bits per heavy atom. The van der Waals surface area contributed by atoms with Crippen LogP contribution in [-0.4, -0.2) is 33.8 Å². The SMILES string of the molecule is Cc1cccc2nc(C(C)(Cl)Cl)n(N3CC3C(=O)OC(C)(C)C)c(=O)c12. The lowest BCUT2D eigenvalue weighted by molar-refractivity contribution is -0.153. The molecule has 0 saturated carbocycles. The van der Waals surface area contributed by atoms with Gasteiger partial charge in [0, 0.05) is 0 Å². The van der Waals surface area contributed by atoms with Crippen molar-refractivity contribution in [3.05, 3.63) is 39.9 Å². The number of aryl methyl sites for hydroxylation is 1. The molecule has 6 nitrogen and oxygen atoms in total. The second-order valence-electron chi connectivity index (χ2n) is 7.58. The molecule has 1 aliphatic heterocycles. The Labute approximate surface area is 161 Å². The number of hydrogen-bond acceptors (Lipinski definition) is 5. The van der Waals surface area contributed by atoms with E-state index in [0.717, 1.165) is 5.56 Å². The number of benzene rings is 1.